The summed E-state index contributed by atoms with van der Waals surface area (Å²) < 4.78 is 2.56. The van der Waals surface area contributed by atoms with Crippen molar-refractivity contribution in [2.75, 3.05) is 0 Å². The van der Waals surface area contributed by atoms with Crippen molar-refractivity contribution in [1.29, 1.82) is 0 Å². The van der Waals surface area contributed by atoms with Gasteiger partial charge in [-0.15, -0.1) is 11.3 Å². The number of quaternary nitrogens is 1. The fourth-order valence-corrected chi connectivity index (χ4v) is 3.14. The van der Waals surface area contributed by atoms with Crippen LogP contribution in [0.2, 0.25) is 0 Å². The van der Waals surface area contributed by atoms with Crippen molar-refractivity contribution >= 4 is 37.4 Å². The maximum atomic E-state index is 3.89. The molecule has 3 heteroatoms. The number of fused-ring (bicyclic) bond motifs is 1. The Labute approximate surface area is 83.3 Å². The molecule has 0 aliphatic rings. The zero-order valence-electron chi connectivity index (χ0n) is 6.51. The molecule has 0 radical (unpaired) electrons. The van der Waals surface area contributed by atoms with E-state index in [1.165, 1.54) is 19.4 Å². The number of hydrogen-bond donors (Lipinski definition) is 1. The Balaban J connectivity index is 2.78. The van der Waals surface area contributed by atoms with Crippen molar-refractivity contribution in [3.63, 3.8) is 0 Å². The number of rotatable bonds is 1. The molecule has 1 aromatic carbocycles. The Hall–Kier alpha value is -0.380. The van der Waals surface area contributed by atoms with Gasteiger partial charge in [-0.2, -0.15) is 0 Å². The summed E-state index contributed by atoms with van der Waals surface area (Å²) in [5, 5.41) is 1.31. The highest BCUT2D eigenvalue weighted by atomic mass is 79.9. The second-order valence-corrected chi connectivity index (χ2v) is 4.52. The van der Waals surface area contributed by atoms with Gasteiger partial charge in [-0.25, -0.2) is 0 Å². The third-order valence-electron chi connectivity index (χ3n) is 1.83. The molecule has 0 saturated carbocycles. The predicted octanol–water partition coefficient (Wildman–Crippen LogP) is 2.41. The molecule has 1 aromatic heterocycles. The van der Waals surface area contributed by atoms with Crippen LogP contribution in [0.4, 0.5) is 0 Å². The van der Waals surface area contributed by atoms with E-state index in [1.54, 1.807) is 0 Å². The highest BCUT2D eigenvalue weighted by Crippen LogP contribution is 2.34. The molecule has 12 heavy (non-hydrogen) atoms. The molecular formula is C9H9BrNS+. The van der Waals surface area contributed by atoms with Crippen LogP contribution in [-0.2, 0) is 6.54 Å². The van der Waals surface area contributed by atoms with Gasteiger partial charge in [0.1, 0.15) is 6.54 Å². The molecule has 1 heterocycles. The first kappa shape index (κ1) is 8.23. The van der Waals surface area contributed by atoms with E-state index in [0.717, 1.165) is 6.54 Å². The molecule has 2 aromatic rings. The molecule has 0 saturated heterocycles. The Morgan fingerprint density at radius 3 is 2.75 bits per heavy atom. The number of halogens is 1. The Bertz CT molecular complexity index is 408. The Morgan fingerprint density at radius 2 is 2.08 bits per heavy atom. The van der Waals surface area contributed by atoms with Crippen LogP contribution in [0.15, 0.2) is 28.7 Å². The van der Waals surface area contributed by atoms with Gasteiger partial charge >= 0.3 is 0 Å². The normalized spacial score (nSPS) is 10.8. The van der Waals surface area contributed by atoms with Crippen molar-refractivity contribution in [2.24, 2.45) is 0 Å². The smallest absolute Gasteiger partial charge is 0.110 e. The monoisotopic (exact) mass is 242 g/mol. The van der Waals surface area contributed by atoms with Crippen LogP contribution >= 0.6 is 27.3 Å². The van der Waals surface area contributed by atoms with Crippen molar-refractivity contribution in [2.45, 2.75) is 6.54 Å². The van der Waals surface area contributed by atoms with Crippen molar-refractivity contribution in [3.05, 3.63) is 33.6 Å². The summed E-state index contributed by atoms with van der Waals surface area (Å²) in [6, 6.07) is 8.41. The van der Waals surface area contributed by atoms with Crippen LogP contribution < -0.4 is 5.73 Å². The van der Waals surface area contributed by atoms with E-state index in [-0.39, 0.29) is 0 Å². The molecule has 0 spiro atoms. The third kappa shape index (κ3) is 1.18. The fourth-order valence-electron chi connectivity index (χ4n) is 1.23. The highest BCUT2D eigenvalue weighted by molar-refractivity contribution is 9.10. The minimum Gasteiger partial charge on any atom is -0.353 e. The van der Waals surface area contributed by atoms with Crippen LogP contribution in [0.3, 0.4) is 0 Å². The topological polar surface area (TPSA) is 27.6 Å². The first-order chi connectivity index (χ1) is 5.83. The summed E-state index contributed by atoms with van der Waals surface area (Å²) in [7, 11) is 0. The van der Waals surface area contributed by atoms with Gasteiger partial charge in [-0.1, -0.05) is 18.2 Å². The van der Waals surface area contributed by atoms with Gasteiger partial charge in [-0.3, -0.25) is 0 Å². The quantitative estimate of drug-likeness (QED) is 0.796. The number of thiophene rings is 1. The summed E-state index contributed by atoms with van der Waals surface area (Å²) in [5.74, 6) is 0. The van der Waals surface area contributed by atoms with E-state index in [2.05, 4.69) is 45.9 Å². The van der Waals surface area contributed by atoms with Crippen LogP contribution in [0.1, 0.15) is 4.88 Å². The predicted molar refractivity (Wildman–Crippen MR) is 56.1 cm³/mol. The molecule has 0 amide bonds. The summed E-state index contributed by atoms with van der Waals surface area (Å²) in [5.41, 5.74) is 3.89. The Morgan fingerprint density at radius 1 is 1.33 bits per heavy atom. The molecule has 2 rings (SSSR count). The van der Waals surface area contributed by atoms with Crippen LogP contribution in [0.5, 0.6) is 0 Å². The standard InChI is InChI=1S/C9H8BrNS/c10-9-6-3-1-2-4-7(6)12-8(9)5-11/h1-4H,5,11H2/p+1. The summed E-state index contributed by atoms with van der Waals surface area (Å²) >= 11 is 5.40. The van der Waals surface area contributed by atoms with Gasteiger partial charge in [0, 0.05) is 14.6 Å². The van der Waals surface area contributed by atoms with Crippen molar-refractivity contribution < 1.29 is 5.73 Å². The van der Waals surface area contributed by atoms with Gasteiger partial charge in [0.05, 0.1) is 4.88 Å². The molecule has 62 valence electrons. The van der Waals surface area contributed by atoms with Gasteiger partial charge in [0.25, 0.3) is 0 Å². The molecule has 0 aliphatic carbocycles. The molecule has 1 nitrogen and oxygen atoms in total. The molecule has 0 unspecified atom stereocenters. The minimum absolute atomic E-state index is 0.861. The molecule has 0 bridgehead atoms. The zero-order valence-corrected chi connectivity index (χ0v) is 8.91. The van der Waals surface area contributed by atoms with E-state index < -0.39 is 0 Å². The Kier molecular flexibility index (Phi) is 2.17. The molecule has 0 atom stereocenters. The van der Waals surface area contributed by atoms with Crippen LogP contribution in [-0.4, -0.2) is 0 Å². The van der Waals surface area contributed by atoms with E-state index in [4.69, 9.17) is 0 Å². The van der Waals surface area contributed by atoms with E-state index >= 15 is 0 Å². The minimum atomic E-state index is 0.861. The van der Waals surface area contributed by atoms with E-state index in [9.17, 15) is 0 Å². The van der Waals surface area contributed by atoms with Crippen molar-refractivity contribution in [3.8, 4) is 0 Å². The van der Waals surface area contributed by atoms with E-state index in [0.29, 0.717) is 0 Å². The first-order valence-corrected chi connectivity index (χ1v) is 5.39. The second-order valence-electron chi connectivity index (χ2n) is 2.59. The molecular weight excluding hydrogens is 234 g/mol. The lowest BCUT2D eigenvalue weighted by molar-refractivity contribution is -0.385. The average Bonchev–Trinajstić information content (AvgIpc) is 2.44. The molecule has 0 aliphatic heterocycles. The summed E-state index contributed by atoms with van der Waals surface area (Å²) in [4.78, 5) is 1.33. The van der Waals surface area contributed by atoms with E-state index in [1.807, 2.05) is 11.3 Å². The highest BCUT2D eigenvalue weighted by Gasteiger charge is 2.07. The van der Waals surface area contributed by atoms with Gasteiger partial charge < -0.3 is 5.73 Å². The van der Waals surface area contributed by atoms with Crippen LogP contribution in [0.25, 0.3) is 10.1 Å². The largest absolute Gasteiger partial charge is 0.353 e. The first-order valence-electron chi connectivity index (χ1n) is 3.78. The lowest BCUT2D eigenvalue weighted by Gasteiger charge is -1.88. The number of benzene rings is 1. The maximum absolute atomic E-state index is 3.89. The zero-order chi connectivity index (χ0) is 8.55. The average molecular weight is 243 g/mol. The maximum Gasteiger partial charge on any atom is 0.110 e. The fraction of sp³-hybridized carbons (Fsp3) is 0.111. The van der Waals surface area contributed by atoms with Crippen molar-refractivity contribution in [1.82, 2.24) is 0 Å². The SMILES string of the molecule is [NH3+]Cc1sc2ccccc2c1Br. The summed E-state index contributed by atoms with van der Waals surface area (Å²) in [6.45, 7) is 0.861. The molecule has 3 N–H and O–H groups in total. The van der Waals surface area contributed by atoms with Gasteiger partial charge in [-0.05, 0) is 22.0 Å². The number of hydrogen-bond acceptors (Lipinski definition) is 1. The molecule has 0 fully saturated rings. The van der Waals surface area contributed by atoms with Gasteiger partial charge in [0.15, 0.2) is 0 Å². The lowest BCUT2D eigenvalue weighted by Crippen LogP contribution is -2.47. The lowest BCUT2D eigenvalue weighted by atomic mass is 10.2. The van der Waals surface area contributed by atoms with Gasteiger partial charge in [0.2, 0.25) is 0 Å². The third-order valence-corrected chi connectivity index (χ3v) is 4.23. The summed E-state index contributed by atoms with van der Waals surface area (Å²) in [6.07, 6.45) is 0. The van der Waals surface area contributed by atoms with Crippen LogP contribution in [0, 0.1) is 0 Å². The second kappa shape index (κ2) is 3.17.